The molecule has 1 aliphatic heterocycles. The second-order valence-electron chi connectivity index (χ2n) is 5.57. The molecule has 0 saturated carbocycles. The summed E-state index contributed by atoms with van der Waals surface area (Å²) in [6, 6.07) is 2.05. The predicted molar refractivity (Wildman–Crippen MR) is 98.5 cm³/mol. The van der Waals surface area contributed by atoms with Crippen molar-refractivity contribution >= 4 is 40.5 Å². The summed E-state index contributed by atoms with van der Waals surface area (Å²) in [6.45, 7) is 13.3. The molecule has 2 N–H and O–H groups in total. The highest BCUT2D eigenvalue weighted by Crippen LogP contribution is 2.41. The molecule has 2 rings (SSSR count). The van der Waals surface area contributed by atoms with Crippen LogP contribution in [0.4, 0.5) is 11.4 Å². The molecule has 0 fully saturated rings. The number of anilines is 1. The fourth-order valence-electron chi connectivity index (χ4n) is 3.09. The van der Waals surface area contributed by atoms with Gasteiger partial charge in [-0.15, -0.1) is 0 Å². The maximum absolute atomic E-state index is 6.62. The van der Waals surface area contributed by atoms with Crippen LogP contribution in [0.2, 0.25) is 10.0 Å². The molecule has 1 aliphatic rings. The van der Waals surface area contributed by atoms with E-state index in [1.165, 1.54) is 5.69 Å². The lowest BCUT2D eigenvalue weighted by molar-refractivity contribution is -0.00000461. The fraction of sp³-hybridized carbons (Fsp3) is 0.562. The summed E-state index contributed by atoms with van der Waals surface area (Å²) in [6.07, 6.45) is 0. The zero-order chi connectivity index (χ0) is 16.3. The van der Waals surface area contributed by atoms with Crippen LogP contribution in [0.25, 0.3) is 0 Å². The van der Waals surface area contributed by atoms with Crippen LogP contribution in [-0.2, 0) is 0 Å². The Bertz CT molecular complexity index is 578. The SMILES string of the molecule is CC[N+](CC)(CC)c1cc(Cl)c(NC2=NCCN2)c(Cl)c1C.[Br-]. The molecule has 0 radical (unpaired) electrons. The highest BCUT2D eigenvalue weighted by atomic mass is 79.9. The number of quaternary nitrogens is 1. The summed E-state index contributed by atoms with van der Waals surface area (Å²) >= 11 is 13.1. The number of hydrogen-bond acceptors (Lipinski definition) is 3. The summed E-state index contributed by atoms with van der Waals surface area (Å²) in [4.78, 5) is 4.34. The van der Waals surface area contributed by atoms with Crippen molar-refractivity contribution in [3.63, 3.8) is 0 Å². The number of nitrogens with one attached hydrogen (secondary N) is 2. The van der Waals surface area contributed by atoms with Crippen LogP contribution in [0, 0.1) is 6.92 Å². The zero-order valence-corrected chi connectivity index (χ0v) is 17.2. The van der Waals surface area contributed by atoms with Crippen molar-refractivity contribution in [1.29, 1.82) is 0 Å². The number of nitrogens with zero attached hydrogens (tertiary/aromatic N) is 2. The molecule has 1 aromatic rings. The molecule has 0 atom stereocenters. The monoisotopic (exact) mass is 422 g/mol. The molecule has 4 nitrogen and oxygen atoms in total. The van der Waals surface area contributed by atoms with E-state index in [0.29, 0.717) is 10.0 Å². The maximum Gasteiger partial charge on any atom is 0.196 e. The van der Waals surface area contributed by atoms with Gasteiger partial charge in [0.2, 0.25) is 0 Å². The Hall–Kier alpha value is -0.490. The minimum atomic E-state index is 0. The molecule has 0 aromatic heterocycles. The number of guanidine groups is 1. The van der Waals surface area contributed by atoms with Crippen LogP contribution < -0.4 is 32.1 Å². The summed E-state index contributed by atoms with van der Waals surface area (Å²) in [5, 5.41) is 7.71. The van der Waals surface area contributed by atoms with E-state index in [-0.39, 0.29) is 17.0 Å². The summed E-state index contributed by atoms with van der Waals surface area (Å²) in [7, 11) is 0. The van der Waals surface area contributed by atoms with E-state index in [2.05, 4.69) is 49.4 Å². The summed E-state index contributed by atoms with van der Waals surface area (Å²) in [5.41, 5.74) is 3.02. The Balaban J connectivity index is 0.00000264. The molecule has 23 heavy (non-hydrogen) atoms. The van der Waals surface area contributed by atoms with Gasteiger partial charge in [0.15, 0.2) is 5.96 Å². The smallest absolute Gasteiger partial charge is 0.196 e. The molecule has 0 bridgehead atoms. The van der Waals surface area contributed by atoms with E-state index in [1.807, 2.05) is 0 Å². The average Bonchev–Trinajstić information content (AvgIpc) is 3.04. The van der Waals surface area contributed by atoms with E-state index in [4.69, 9.17) is 23.2 Å². The lowest BCUT2D eigenvalue weighted by Gasteiger charge is -2.37. The molecule has 1 heterocycles. The Kier molecular flexibility index (Phi) is 7.65. The van der Waals surface area contributed by atoms with Crippen molar-refractivity contribution in [3.8, 4) is 0 Å². The molecule has 0 spiro atoms. The van der Waals surface area contributed by atoms with Crippen LogP contribution in [0.1, 0.15) is 26.3 Å². The molecular weight excluding hydrogens is 399 g/mol. The highest BCUT2D eigenvalue weighted by molar-refractivity contribution is 6.40. The van der Waals surface area contributed by atoms with Gasteiger partial charge in [0, 0.05) is 18.2 Å². The van der Waals surface area contributed by atoms with Crippen molar-refractivity contribution in [2.45, 2.75) is 27.7 Å². The minimum absolute atomic E-state index is 0. The van der Waals surface area contributed by atoms with Gasteiger partial charge >= 0.3 is 0 Å². The van der Waals surface area contributed by atoms with Gasteiger partial charge in [-0.3, -0.25) is 9.48 Å². The number of aliphatic imine (C=N–C) groups is 1. The van der Waals surface area contributed by atoms with Gasteiger partial charge in [-0.1, -0.05) is 23.2 Å². The lowest BCUT2D eigenvalue weighted by atomic mass is 10.1. The highest BCUT2D eigenvalue weighted by Gasteiger charge is 2.29. The van der Waals surface area contributed by atoms with Crippen LogP contribution in [0.15, 0.2) is 11.1 Å². The third-order valence-electron chi connectivity index (χ3n) is 4.68. The van der Waals surface area contributed by atoms with E-state index in [9.17, 15) is 0 Å². The van der Waals surface area contributed by atoms with Crippen molar-refractivity contribution in [3.05, 3.63) is 21.7 Å². The molecule has 0 aliphatic carbocycles. The standard InChI is InChI=1S/C16H25Cl2N4.BrH/c1-5-22(6-2,7-3)13-10-12(17)15(14(18)11(13)4)21-16-19-8-9-20-16;/h10H,5-9H2,1-4H3,(H2,19,20,21);1H/q+1;/p-1. The summed E-state index contributed by atoms with van der Waals surface area (Å²) in [5.74, 6) is 0.734. The van der Waals surface area contributed by atoms with E-state index in [0.717, 1.165) is 54.4 Å². The quantitative estimate of drug-likeness (QED) is 0.694. The molecule has 7 heteroatoms. The second-order valence-corrected chi connectivity index (χ2v) is 6.35. The molecule has 130 valence electrons. The first kappa shape index (κ1) is 20.6. The molecule has 0 unspecified atom stereocenters. The van der Waals surface area contributed by atoms with Crippen LogP contribution >= 0.6 is 23.2 Å². The number of rotatable bonds is 5. The molecule has 0 amide bonds. The van der Waals surface area contributed by atoms with Gasteiger partial charge < -0.3 is 27.6 Å². The van der Waals surface area contributed by atoms with Crippen molar-refractivity contribution in [2.75, 3.05) is 38.0 Å². The normalized spacial score (nSPS) is 14.1. The van der Waals surface area contributed by atoms with Gasteiger partial charge in [0.1, 0.15) is 5.69 Å². The van der Waals surface area contributed by atoms with Crippen LogP contribution in [0.3, 0.4) is 0 Å². The topological polar surface area (TPSA) is 36.4 Å². The van der Waals surface area contributed by atoms with Crippen LogP contribution in [0.5, 0.6) is 0 Å². The summed E-state index contributed by atoms with van der Waals surface area (Å²) < 4.78 is 0.880. The largest absolute Gasteiger partial charge is 1.00 e. The molecule has 0 saturated heterocycles. The fourth-order valence-corrected chi connectivity index (χ4v) is 3.63. The third-order valence-corrected chi connectivity index (χ3v) is 5.45. The first-order chi connectivity index (χ1) is 10.5. The van der Waals surface area contributed by atoms with Gasteiger partial charge in [-0.25, -0.2) is 0 Å². The van der Waals surface area contributed by atoms with Crippen molar-refractivity contribution in [1.82, 2.24) is 9.80 Å². The van der Waals surface area contributed by atoms with Crippen LogP contribution in [-0.4, -0.2) is 38.7 Å². The van der Waals surface area contributed by atoms with Crippen molar-refractivity contribution < 1.29 is 17.0 Å². The lowest BCUT2D eigenvalue weighted by Crippen LogP contribution is -3.00. The Morgan fingerprint density at radius 3 is 2.30 bits per heavy atom. The molecular formula is C16H25BrCl2N4. The number of benzene rings is 1. The first-order valence-corrected chi connectivity index (χ1v) is 8.65. The van der Waals surface area contributed by atoms with E-state index >= 15 is 0 Å². The Morgan fingerprint density at radius 1 is 1.22 bits per heavy atom. The van der Waals surface area contributed by atoms with Crippen molar-refractivity contribution in [2.24, 2.45) is 4.99 Å². The number of hydrogen-bond donors (Lipinski definition) is 2. The molecule has 1 aromatic carbocycles. The van der Waals surface area contributed by atoms with E-state index in [1.54, 1.807) is 0 Å². The Labute approximate surface area is 159 Å². The first-order valence-electron chi connectivity index (χ1n) is 7.89. The van der Waals surface area contributed by atoms with Gasteiger partial charge in [0.25, 0.3) is 0 Å². The van der Waals surface area contributed by atoms with Gasteiger partial charge in [-0.2, -0.15) is 0 Å². The second kappa shape index (κ2) is 8.56. The average molecular weight is 424 g/mol. The zero-order valence-electron chi connectivity index (χ0n) is 14.1. The number of halogens is 3. The minimum Gasteiger partial charge on any atom is -1.00 e. The van der Waals surface area contributed by atoms with E-state index < -0.39 is 0 Å². The third kappa shape index (κ3) is 3.95. The van der Waals surface area contributed by atoms with Gasteiger partial charge in [0.05, 0.1) is 41.9 Å². The van der Waals surface area contributed by atoms with Gasteiger partial charge in [-0.05, 0) is 27.7 Å². The Morgan fingerprint density at radius 2 is 1.83 bits per heavy atom. The predicted octanol–water partition coefficient (Wildman–Crippen LogP) is 1.04. The maximum atomic E-state index is 6.62.